The van der Waals surface area contributed by atoms with Crippen LogP contribution in [0.1, 0.15) is 40.5 Å². The molecule has 2 N–H and O–H groups in total. The second-order valence-electron chi connectivity index (χ2n) is 3.99. The van der Waals surface area contributed by atoms with Crippen LogP contribution in [0.5, 0.6) is 0 Å². The smallest absolute Gasteiger partial charge is 0.303 e. The van der Waals surface area contributed by atoms with Crippen LogP contribution in [0, 0.1) is 11.3 Å². The van der Waals surface area contributed by atoms with E-state index in [4.69, 9.17) is 9.79 Å². The maximum absolute atomic E-state index is 10.6. The minimum absolute atomic E-state index is 0.124. The summed E-state index contributed by atoms with van der Waals surface area (Å²) < 4.78 is 15.2. The Morgan fingerprint density at radius 1 is 1.29 bits per heavy atom. The quantitative estimate of drug-likeness (QED) is 0.680. The summed E-state index contributed by atoms with van der Waals surface area (Å²) in [5.41, 5.74) is -0.124. The molecule has 86 valence electrons. The lowest BCUT2D eigenvalue weighted by Gasteiger charge is -2.35. The van der Waals surface area contributed by atoms with Gasteiger partial charge in [-0.3, -0.25) is 4.52 Å². The van der Waals surface area contributed by atoms with Crippen LogP contribution in [-0.2, 0) is 9.09 Å². The third-order valence-corrected chi connectivity index (χ3v) is 3.62. The van der Waals surface area contributed by atoms with Gasteiger partial charge in [0.25, 0.3) is 0 Å². The average Bonchev–Trinajstić information content (AvgIpc) is 2.04. The summed E-state index contributed by atoms with van der Waals surface area (Å²) in [4.78, 5) is 17.3. The molecule has 14 heavy (non-hydrogen) atoms. The maximum atomic E-state index is 10.6. The molecule has 0 heterocycles. The Kier molecular flexibility index (Phi) is 5.31. The number of hydrogen-bond donors (Lipinski definition) is 2. The SMILES string of the molecule is CCC(CC)(COP(=O)(O)O)C(C)C. The summed E-state index contributed by atoms with van der Waals surface area (Å²) in [6, 6.07) is 0. The van der Waals surface area contributed by atoms with Crippen LogP contribution in [0.3, 0.4) is 0 Å². The summed E-state index contributed by atoms with van der Waals surface area (Å²) in [7, 11) is -4.33. The molecule has 0 aliphatic rings. The molecule has 4 nitrogen and oxygen atoms in total. The van der Waals surface area contributed by atoms with Crippen molar-refractivity contribution >= 4 is 7.82 Å². The molecule has 0 aromatic heterocycles. The normalized spacial score (nSPS) is 13.6. The van der Waals surface area contributed by atoms with E-state index in [2.05, 4.69) is 18.4 Å². The van der Waals surface area contributed by atoms with Crippen molar-refractivity contribution in [3.05, 3.63) is 0 Å². The molecule has 0 saturated heterocycles. The molecule has 0 aromatic carbocycles. The van der Waals surface area contributed by atoms with E-state index >= 15 is 0 Å². The lowest BCUT2D eigenvalue weighted by molar-refractivity contribution is 0.0604. The van der Waals surface area contributed by atoms with Crippen LogP contribution in [-0.4, -0.2) is 16.4 Å². The highest BCUT2D eigenvalue weighted by atomic mass is 31.2. The van der Waals surface area contributed by atoms with Crippen LogP contribution in [0.4, 0.5) is 0 Å². The number of phosphoric acid groups is 1. The van der Waals surface area contributed by atoms with Gasteiger partial charge in [0.2, 0.25) is 0 Å². The summed E-state index contributed by atoms with van der Waals surface area (Å²) in [5.74, 6) is 0.351. The Morgan fingerprint density at radius 3 is 1.93 bits per heavy atom. The Morgan fingerprint density at radius 2 is 1.71 bits per heavy atom. The van der Waals surface area contributed by atoms with E-state index in [9.17, 15) is 4.57 Å². The molecule has 0 atom stereocenters. The van der Waals surface area contributed by atoms with E-state index < -0.39 is 7.82 Å². The molecule has 5 heteroatoms. The summed E-state index contributed by atoms with van der Waals surface area (Å²) in [5, 5.41) is 0. The Bertz CT molecular complexity index is 205. The van der Waals surface area contributed by atoms with Gasteiger partial charge in [-0.2, -0.15) is 0 Å². The molecule has 0 radical (unpaired) electrons. The van der Waals surface area contributed by atoms with Gasteiger partial charge in [0.15, 0.2) is 0 Å². The summed E-state index contributed by atoms with van der Waals surface area (Å²) in [6.45, 7) is 8.27. The van der Waals surface area contributed by atoms with Crippen molar-refractivity contribution in [2.75, 3.05) is 6.61 Å². The highest BCUT2D eigenvalue weighted by Gasteiger charge is 2.32. The number of phosphoric ester groups is 1. The zero-order valence-corrected chi connectivity index (χ0v) is 10.3. The van der Waals surface area contributed by atoms with Crippen molar-refractivity contribution in [1.29, 1.82) is 0 Å². The predicted octanol–water partition coefficient (Wildman–Crippen LogP) is 2.56. The first-order valence-corrected chi connectivity index (χ1v) is 6.50. The highest BCUT2D eigenvalue weighted by Crippen LogP contribution is 2.43. The van der Waals surface area contributed by atoms with Crippen LogP contribution < -0.4 is 0 Å². The van der Waals surface area contributed by atoms with Gasteiger partial charge in [0.05, 0.1) is 6.61 Å². The lowest BCUT2D eigenvalue weighted by atomic mass is 9.74. The van der Waals surface area contributed by atoms with Gasteiger partial charge in [-0.05, 0) is 24.2 Å². The topological polar surface area (TPSA) is 66.8 Å². The molecule has 0 rings (SSSR count). The minimum Gasteiger partial charge on any atom is -0.303 e. The molecule has 0 fully saturated rings. The zero-order valence-electron chi connectivity index (χ0n) is 9.36. The molecule has 0 amide bonds. The molecule has 0 aliphatic carbocycles. The standard InChI is InChI=1S/C9H21O4P/c1-5-9(6-2,8(3)4)7-13-14(10,11)12/h8H,5-7H2,1-4H3,(H2,10,11,12). The molecule has 0 unspecified atom stereocenters. The van der Waals surface area contributed by atoms with Gasteiger partial charge in [-0.1, -0.05) is 27.7 Å². The van der Waals surface area contributed by atoms with Crippen LogP contribution in [0.15, 0.2) is 0 Å². The van der Waals surface area contributed by atoms with E-state index in [-0.39, 0.29) is 12.0 Å². The zero-order chi connectivity index (χ0) is 11.4. The minimum atomic E-state index is -4.33. The lowest BCUT2D eigenvalue weighted by Crippen LogP contribution is -2.31. The van der Waals surface area contributed by atoms with Gasteiger partial charge in [0, 0.05) is 0 Å². The van der Waals surface area contributed by atoms with Crippen LogP contribution in [0.2, 0.25) is 0 Å². The first kappa shape index (κ1) is 14.1. The largest absolute Gasteiger partial charge is 0.469 e. The van der Waals surface area contributed by atoms with Crippen LogP contribution >= 0.6 is 7.82 Å². The van der Waals surface area contributed by atoms with E-state index in [1.54, 1.807) is 0 Å². The van der Waals surface area contributed by atoms with Gasteiger partial charge in [-0.15, -0.1) is 0 Å². The average molecular weight is 224 g/mol. The Labute approximate surface area is 85.9 Å². The highest BCUT2D eigenvalue weighted by molar-refractivity contribution is 7.46. The van der Waals surface area contributed by atoms with E-state index in [0.717, 1.165) is 12.8 Å². The maximum Gasteiger partial charge on any atom is 0.469 e. The fraction of sp³-hybridized carbons (Fsp3) is 1.00. The molecular weight excluding hydrogens is 203 g/mol. The number of hydrogen-bond acceptors (Lipinski definition) is 2. The monoisotopic (exact) mass is 224 g/mol. The molecule has 0 aromatic rings. The van der Waals surface area contributed by atoms with Crippen molar-refractivity contribution in [3.63, 3.8) is 0 Å². The van der Waals surface area contributed by atoms with E-state index in [0.29, 0.717) is 5.92 Å². The van der Waals surface area contributed by atoms with E-state index in [1.165, 1.54) is 0 Å². The van der Waals surface area contributed by atoms with Crippen molar-refractivity contribution in [3.8, 4) is 0 Å². The first-order chi connectivity index (χ1) is 6.27. The molecule has 0 aliphatic heterocycles. The summed E-state index contributed by atoms with van der Waals surface area (Å²) in [6.07, 6.45) is 1.72. The second-order valence-corrected chi connectivity index (χ2v) is 5.23. The van der Waals surface area contributed by atoms with Crippen LogP contribution in [0.25, 0.3) is 0 Å². The molecule has 0 saturated carbocycles. The third-order valence-electron chi connectivity index (χ3n) is 3.15. The van der Waals surface area contributed by atoms with Crippen molar-refractivity contribution in [2.24, 2.45) is 11.3 Å². The molecule has 0 bridgehead atoms. The number of rotatable bonds is 6. The van der Waals surface area contributed by atoms with Gasteiger partial charge < -0.3 is 9.79 Å². The molecule has 0 spiro atoms. The molecular formula is C9H21O4P. The van der Waals surface area contributed by atoms with Gasteiger partial charge in [0.1, 0.15) is 0 Å². The fourth-order valence-electron chi connectivity index (χ4n) is 1.65. The van der Waals surface area contributed by atoms with Crippen molar-refractivity contribution < 1.29 is 18.9 Å². The summed E-state index contributed by atoms with van der Waals surface area (Å²) >= 11 is 0. The fourth-order valence-corrected chi connectivity index (χ4v) is 2.08. The predicted molar refractivity (Wildman–Crippen MR) is 55.8 cm³/mol. The van der Waals surface area contributed by atoms with Crippen molar-refractivity contribution in [2.45, 2.75) is 40.5 Å². The Hall–Kier alpha value is 0.110. The Balaban J connectivity index is 4.45. The van der Waals surface area contributed by atoms with Gasteiger partial charge >= 0.3 is 7.82 Å². The van der Waals surface area contributed by atoms with Crippen molar-refractivity contribution in [1.82, 2.24) is 0 Å². The second kappa shape index (κ2) is 5.26. The van der Waals surface area contributed by atoms with E-state index in [1.807, 2.05) is 13.8 Å². The third kappa shape index (κ3) is 4.09. The van der Waals surface area contributed by atoms with Gasteiger partial charge in [-0.25, -0.2) is 4.57 Å². The first-order valence-electron chi connectivity index (χ1n) is 4.97.